The van der Waals surface area contributed by atoms with E-state index in [1.54, 1.807) is 12.1 Å². The van der Waals surface area contributed by atoms with Crippen LogP contribution in [0, 0.1) is 11.3 Å². The molecule has 1 saturated heterocycles. The summed E-state index contributed by atoms with van der Waals surface area (Å²) in [7, 11) is 0. The first kappa shape index (κ1) is 15.8. The van der Waals surface area contributed by atoms with Crippen molar-refractivity contribution in [2.24, 2.45) is 5.73 Å². The molecule has 0 bridgehead atoms. The van der Waals surface area contributed by atoms with E-state index >= 15 is 0 Å². The lowest BCUT2D eigenvalue weighted by Gasteiger charge is -2.38. The second-order valence-electron chi connectivity index (χ2n) is 5.59. The Balaban J connectivity index is 2.10. The first-order valence-electron chi connectivity index (χ1n) is 6.83. The largest absolute Gasteiger partial charge is 0.388 e. The van der Waals surface area contributed by atoms with Crippen LogP contribution < -0.4 is 5.73 Å². The maximum absolute atomic E-state index is 11.1. The summed E-state index contributed by atoms with van der Waals surface area (Å²) in [4.78, 5) is 13.1. The lowest BCUT2D eigenvalue weighted by Crippen LogP contribution is -2.49. The molecule has 0 spiro atoms. The van der Waals surface area contributed by atoms with Gasteiger partial charge >= 0.3 is 0 Å². The molecule has 1 aromatic rings. The number of hydrogen-bond acceptors (Lipinski definition) is 4. The Morgan fingerprint density at radius 1 is 1.57 bits per heavy atom. The number of hydrogen-bond donors (Lipinski definition) is 2. The zero-order valence-electron chi connectivity index (χ0n) is 11.7. The number of nitriles is 1. The van der Waals surface area contributed by atoms with Crippen molar-refractivity contribution in [2.45, 2.75) is 31.4 Å². The van der Waals surface area contributed by atoms with E-state index < -0.39 is 11.5 Å². The SMILES string of the molecule is N#Cc1cc(Cl)ccc1CN1CCCC(O)(CC(N)=O)C1. The van der Waals surface area contributed by atoms with Crippen molar-refractivity contribution in [3.63, 3.8) is 0 Å². The van der Waals surface area contributed by atoms with E-state index in [2.05, 4.69) is 6.07 Å². The third-order valence-corrected chi connectivity index (χ3v) is 3.96. The van der Waals surface area contributed by atoms with Crippen molar-refractivity contribution in [1.82, 2.24) is 4.90 Å². The van der Waals surface area contributed by atoms with Gasteiger partial charge in [0, 0.05) is 18.1 Å². The average Bonchev–Trinajstić information content (AvgIpc) is 2.39. The van der Waals surface area contributed by atoms with Crippen LogP contribution in [0.1, 0.15) is 30.4 Å². The molecule has 1 unspecified atom stereocenters. The molecule has 0 radical (unpaired) electrons. The fourth-order valence-electron chi connectivity index (χ4n) is 2.84. The Bertz CT molecular complexity index is 585. The molecular formula is C15H18ClN3O2. The van der Waals surface area contributed by atoms with Crippen molar-refractivity contribution >= 4 is 17.5 Å². The fraction of sp³-hybridized carbons (Fsp3) is 0.467. The number of carbonyl (C=O) groups is 1. The zero-order chi connectivity index (χ0) is 15.5. The Hall–Kier alpha value is -1.61. The quantitative estimate of drug-likeness (QED) is 0.880. The Morgan fingerprint density at radius 2 is 2.33 bits per heavy atom. The van der Waals surface area contributed by atoms with Gasteiger partial charge in [-0.1, -0.05) is 17.7 Å². The summed E-state index contributed by atoms with van der Waals surface area (Å²) < 4.78 is 0. The van der Waals surface area contributed by atoms with Crippen LogP contribution in [-0.4, -0.2) is 34.6 Å². The molecular weight excluding hydrogens is 290 g/mol. The van der Waals surface area contributed by atoms with Gasteiger partial charge in [0.15, 0.2) is 0 Å². The number of nitrogens with zero attached hydrogens (tertiary/aromatic N) is 2. The first-order chi connectivity index (χ1) is 9.92. The predicted molar refractivity (Wildman–Crippen MR) is 79.4 cm³/mol. The molecule has 21 heavy (non-hydrogen) atoms. The number of β-amino-alcohol motifs (C(OH)–C–C–N with tert-alkyl or cyclic N) is 1. The molecule has 1 heterocycles. The zero-order valence-corrected chi connectivity index (χ0v) is 12.4. The maximum Gasteiger partial charge on any atom is 0.220 e. The molecule has 1 atom stereocenters. The van der Waals surface area contributed by atoms with Gasteiger partial charge in [0.05, 0.1) is 23.7 Å². The molecule has 1 aliphatic heterocycles. The minimum absolute atomic E-state index is 0.0325. The minimum atomic E-state index is -1.07. The van der Waals surface area contributed by atoms with E-state index in [0.717, 1.165) is 18.5 Å². The molecule has 112 valence electrons. The number of primary amides is 1. The first-order valence-corrected chi connectivity index (χ1v) is 7.21. The predicted octanol–water partition coefficient (Wildman–Crippen LogP) is 1.41. The Morgan fingerprint density at radius 3 is 3.00 bits per heavy atom. The van der Waals surface area contributed by atoms with Crippen molar-refractivity contribution < 1.29 is 9.90 Å². The highest BCUT2D eigenvalue weighted by molar-refractivity contribution is 6.30. The van der Waals surface area contributed by atoms with Crippen molar-refractivity contribution in [3.05, 3.63) is 34.3 Å². The summed E-state index contributed by atoms with van der Waals surface area (Å²) in [6.45, 7) is 1.74. The van der Waals surface area contributed by atoms with Gasteiger partial charge < -0.3 is 10.8 Å². The second kappa shape index (κ2) is 6.44. The Labute approximate surface area is 128 Å². The third kappa shape index (κ3) is 4.18. The monoisotopic (exact) mass is 307 g/mol. The summed E-state index contributed by atoms with van der Waals surface area (Å²) in [5.74, 6) is -0.497. The molecule has 1 fully saturated rings. The molecule has 1 amide bonds. The highest BCUT2D eigenvalue weighted by Crippen LogP contribution is 2.26. The molecule has 1 aliphatic rings. The fourth-order valence-corrected chi connectivity index (χ4v) is 3.01. The van der Waals surface area contributed by atoms with Crippen molar-refractivity contribution in [3.8, 4) is 6.07 Å². The molecule has 5 nitrogen and oxygen atoms in total. The van der Waals surface area contributed by atoms with Crippen LogP contribution in [0.4, 0.5) is 0 Å². The van der Waals surface area contributed by atoms with Gasteiger partial charge in [-0.3, -0.25) is 9.69 Å². The van der Waals surface area contributed by atoms with Gasteiger partial charge in [0.1, 0.15) is 0 Å². The summed E-state index contributed by atoms with van der Waals surface area (Å²) in [5, 5.41) is 20.1. The van der Waals surface area contributed by atoms with Crippen LogP contribution >= 0.6 is 11.6 Å². The molecule has 2 rings (SSSR count). The number of likely N-dealkylation sites (tertiary alicyclic amines) is 1. The van der Waals surface area contributed by atoms with E-state index in [0.29, 0.717) is 30.1 Å². The summed E-state index contributed by atoms with van der Waals surface area (Å²) in [5.41, 5.74) is 5.53. The van der Waals surface area contributed by atoms with Gasteiger partial charge in [0.25, 0.3) is 0 Å². The van der Waals surface area contributed by atoms with Crippen LogP contribution in [0.5, 0.6) is 0 Å². The van der Waals surface area contributed by atoms with Crippen LogP contribution in [0.15, 0.2) is 18.2 Å². The number of benzene rings is 1. The van der Waals surface area contributed by atoms with Crippen molar-refractivity contribution in [2.75, 3.05) is 13.1 Å². The van der Waals surface area contributed by atoms with Gasteiger partial charge in [-0.2, -0.15) is 5.26 Å². The van der Waals surface area contributed by atoms with Gasteiger partial charge in [0.2, 0.25) is 5.91 Å². The molecule has 1 aromatic carbocycles. The van der Waals surface area contributed by atoms with E-state index in [-0.39, 0.29) is 6.42 Å². The summed E-state index contributed by atoms with van der Waals surface area (Å²) >= 11 is 5.88. The van der Waals surface area contributed by atoms with E-state index in [1.165, 1.54) is 0 Å². The van der Waals surface area contributed by atoms with Crippen LogP contribution in [-0.2, 0) is 11.3 Å². The van der Waals surface area contributed by atoms with E-state index in [1.807, 2.05) is 11.0 Å². The van der Waals surface area contributed by atoms with E-state index in [4.69, 9.17) is 22.6 Å². The van der Waals surface area contributed by atoms with Crippen molar-refractivity contribution in [1.29, 1.82) is 5.26 Å². The molecule has 0 saturated carbocycles. The molecule has 0 aliphatic carbocycles. The number of piperidine rings is 1. The van der Waals surface area contributed by atoms with Gasteiger partial charge in [-0.05, 0) is 37.1 Å². The average molecular weight is 308 g/mol. The highest BCUT2D eigenvalue weighted by Gasteiger charge is 2.34. The van der Waals surface area contributed by atoms with Gasteiger partial charge in [-0.15, -0.1) is 0 Å². The minimum Gasteiger partial charge on any atom is -0.388 e. The van der Waals surface area contributed by atoms with E-state index in [9.17, 15) is 9.90 Å². The Kier molecular flexibility index (Phi) is 4.84. The lowest BCUT2D eigenvalue weighted by atomic mass is 9.89. The number of carbonyl (C=O) groups excluding carboxylic acids is 1. The standard InChI is InChI=1S/C15H18ClN3O2/c16-13-3-2-11(12(6-13)8-17)9-19-5-1-4-15(21,10-19)7-14(18)20/h2-3,6,21H,1,4-5,7,9-10H2,(H2,18,20). The van der Waals surface area contributed by atoms with Crippen LogP contribution in [0.25, 0.3) is 0 Å². The summed E-state index contributed by atoms with van der Waals surface area (Å²) in [6, 6.07) is 7.34. The van der Waals surface area contributed by atoms with Crippen LogP contribution in [0.2, 0.25) is 5.02 Å². The highest BCUT2D eigenvalue weighted by atomic mass is 35.5. The number of nitrogens with two attached hydrogens (primary N) is 1. The maximum atomic E-state index is 11.1. The summed E-state index contributed by atoms with van der Waals surface area (Å²) in [6.07, 6.45) is 1.33. The molecule has 0 aromatic heterocycles. The number of rotatable bonds is 4. The second-order valence-corrected chi connectivity index (χ2v) is 6.03. The topological polar surface area (TPSA) is 90.3 Å². The lowest BCUT2D eigenvalue weighted by molar-refractivity contribution is -0.125. The molecule has 3 N–H and O–H groups in total. The molecule has 6 heteroatoms. The number of aliphatic hydroxyl groups is 1. The van der Waals surface area contributed by atoms with Gasteiger partial charge in [-0.25, -0.2) is 0 Å². The smallest absolute Gasteiger partial charge is 0.220 e. The number of halogens is 1. The van der Waals surface area contributed by atoms with Crippen LogP contribution in [0.3, 0.4) is 0 Å². The normalized spacial score (nSPS) is 22.7. The third-order valence-electron chi connectivity index (χ3n) is 3.72. The number of amides is 1.